The fourth-order valence-electron chi connectivity index (χ4n) is 2.19. The molecule has 164 valence electrons. The number of carboxylic acids is 2. The summed E-state index contributed by atoms with van der Waals surface area (Å²) in [4.78, 5) is 18.8. The van der Waals surface area contributed by atoms with Crippen molar-refractivity contribution in [2.24, 2.45) is 11.5 Å². The molecule has 0 aromatic carbocycles. The molecule has 0 rings (SSSR count). The smallest absolute Gasteiger partial charge is 0.480 e. The van der Waals surface area contributed by atoms with Crippen molar-refractivity contribution in [3.63, 3.8) is 0 Å². The molecule has 0 spiro atoms. The molecule has 0 aliphatic carbocycles. The van der Waals surface area contributed by atoms with Gasteiger partial charge in [-0.1, -0.05) is 90.4 Å². The van der Waals surface area contributed by atoms with Gasteiger partial charge in [-0.3, -0.25) is 9.59 Å². The van der Waals surface area contributed by atoms with Crippen LogP contribution in [0.15, 0.2) is 0 Å². The van der Waals surface area contributed by atoms with E-state index in [1.165, 1.54) is 90.4 Å². The van der Waals surface area contributed by atoms with E-state index < -0.39 is 18.0 Å². The molecular weight excluding hydrogens is 367 g/mol. The first-order valence-electron chi connectivity index (χ1n) is 10.5. The zero-order valence-corrected chi connectivity index (χ0v) is 20.8. The molecule has 1 unspecified atom stereocenters. The zero-order chi connectivity index (χ0) is 21.3. The molecule has 0 amide bonds. The largest absolute Gasteiger partial charge is 1.00 e. The van der Waals surface area contributed by atoms with Crippen LogP contribution < -0.4 is 41.0 Å². The Labute approximate surface area is 195 Å². The molecule has 0 bridgehead atoms. The summed E-state index contributed by atoms with van der Waals surface area (Å²) >= 11 is 0. The third-order valence-electron chi connectivity index (χ3n) is 3.92. The molecule has 0 aromatic heterocycles. The number of hydrogen-bond acceptors (Lipinski definition) is 4. The van der Waals surface area contributed by atoms with E-state index in [1.54, 1.807) is 0 Å². The van der Waals surface area contributed by atoms with Gasteiger partial charge in [0.15, 0.2) is 0 Å². The topological polar surface area (TPSA) is 127 Å². The van der Waals surface area contributed by atoms with Gasteiger partial charge in [-0.25, -0.2) is 0 Å². The predicted molar refractivity (Wildman–Crippen MR) is 114 cm³/mol. The standard InChI is InChI=1S/C16H33.C3H7NO2.C2H5NO2.Na/c1-3-5-7-9-11-13-15-16-14-12-10-8-6-4-2;1-2(4)3(5)6;3-1-2(4)5;/h1,3-16H2,2H3;2H,4H2,1H3,(H,5,6);1,3H2,(H,4,5);/q-1;;;+1. The van der Waals surface area contributed by atoms with Gasteiger partial charge in [0.05, 0.1) is 6.54 Å². The number of nitrogens with two attached hydrogens (primary N) is 2. The van der Waals surface area contributed by atoms with Crippen LogP contribution >= 0.6 is 0 Å². The Morgan fingerprint density at radius 3 is 1.25 bits per heavy atom. The molecular formula is C21H45N2NaO4. The van der Waals surface area contributed by atoms with Crippen LogP contribution in [0.1, 0.15) is 104 Å². The molecule has 0 aliphatic heterocycles. The quantitative estimate of drug-likeness (QED) is 0.184. The molecule has 0 saturated heterocycles. The van der Waals surface area contributed by atoms with E-state index in [9.17, 15) is 9.59 Å². The number of carboxylic acid groups (broad SMARTS) is 2. The number of rotatable bonds is 15. The monoisotopic (exact) mass is 412 g/mol. The van der Waals surface area contributed by atoms with Gasteiger partial charge in [0.25, 0.3) is 0 Å². The van der Waals surface area contributed by atoms with Crippen molar-refractivity contribution in [3.05, 3.63) is 6.92 Å². The fraction of sp³-hybridized carbons (Fsp3) is 0.857. The molecule has 0 heterocycles. The average molecular weight is 413 g/mol. The van der Waals surface area contributed by atoms with E-state index in [2.05, 4.69) is 19.6 Å². The summed E-state index contributed by atoms with van der Waals surface area (Å²) in [5, 5.41) is 15.5. The summed E-state index contributed by atoms with van der Waals surface area (Å²) in [6, 6.07) is -0.731. The van der Waals surface area contributed by atoms with Gasteiger partial charge in [0.1, 0.15) is 6.04 Å². The molecule has 6 N–H and O–H groups in total. The van der Waals surface area contributed by atoms with E-state index in [-0.39, 0.29) is 36.1 Å². The fourth-order valence-corrected chi connectivity index (χ4v) is 2.19. The maximum absolute atomic E-state index is 9.57. The summed E-state index contributed by atoms with van der Waals surface area (Å²) in [5.41, 5.74) is 9.41. The van der Waals surface area contributed by atoms with Crippen LogP contribution in [0.3, 0.4) is 0 Å². The van der Waals surface area contributed by atoms with Crippen LogP contribution in [-0.4, -0.2) is 34.7 Å². The second kappa shape index (κ2) is 31.6. The maximum atomic E-state index is 9.57. The third-order valence-corrected chi connectivity index (χ3v) is 3.92. The van der Waals surface area contributed by atoms with E-state index in [1.807, 2.05) is 0 Å². The molecule has 0 aliphatic rings. The third kappa shape index (κ3) is 44.9. The maximum Gasteiger partial charge on any atom is 1.00 e. The Balaban J connectivity index is -0.000000198. The van der Waals surface area contributed by atoms with Gasteiger partial charge in [0, 0.05) is 0 Å². The molecule has 6 nitrogen and oxygen atoms in total. The van der Waals surface area contributed by atoms with Gasteiger partial charge in [-0.15, -0.1) is 0 Å². The number of hydrogen-bond donors (Lipinski definition) is 4. The SMILES string of the molecule is CC(N)C(=O)O.NCC(=O)O.[CH2-]CCCCCCCCCCCCCCC.[Na+]. The Bertz CT molecular complexity index is 303. The molecule has 0 fully saturated rings. The van der Waals surface area contributed by atoms with Crippen LogP contribution in [0, 0.1) is 6.92 Å². The first kappa shape index (κ1) is 35.3. The van der Waals surface area contributed by atoms with Crippen LogP contribution in [0.2, 0.25) is 0 Å². The Hall–Kier alpha value is -0.140. The summed E-state index contributed by atoms with van der Waals surface area (Å²) in [7, 11) is 0. The Kier molecular flexibility index (Phi) is 39.8. The summed E-state index contributed by atoms with van der Waals surface area (Å²) in [6.45, 7) is 7.30. The van der Waals surface area contributed by atoms with Crippen molar-refractivity contribution in [2.45, 2.75) is 110 Å². The number of unbranched alkanes of at least 4 members (excludes halogenated alkanes) is 13. The molecule has 0 aromatic rings. The normalized spacial score (nSPS) is 10.5. The minimum Gasteiger partial charge on any atom is -0.480 e. The van der Waals surface area contributed by atoms with Crippen molar-refractivity contribution in [3.8, 4) is 0 Å². The summed E-state index contributed by atoms with van der Waals surface area (Å²) in [5.74, 6) is -1.93. The summed E-state index contributed by atoms with van der Waals surface area (Å²) in [6.07, 6.45) is 19.8. The van der Waals surface area contributed by atoms with Crippen molar-refractivity contribution in [1.29, 1.82) is 0 Å². The predicted octanol–water partition coefficient (Wildman–Crippen LogP) is 1.75. The average Bonchev–Trinajstić information content (AvgIpc) is 2.63. The van der Waals surface area contributed by atoms with Gasteiger partial charge in [-0.2, -0.15) is 6.42 Å². The Morgan fingerprint density at radius 2 is 1.07 bits per heavy atom. The van der Waals surface area contributed by atoms with Gasteiger partial charge in [0.2, 0.25) is 0 Å². The van der Waals surface area contributed by atoms with E-state index in [0.717, 1.165) is 6.42 Å². The van der Waals surface area contributed by atoms with Crippen LogP contribution in [0.5, 0.6) is 0 Å². The Morgan fingerprint density at radius 1 is 0.821 bits per heavy atom. The summed E-state index contributed by atoms with van der Waals surface area (Å²) < 4.78 is 0. The van der Waals surface area contributed by atoms with E-state index >= 15 is 0 Å². The van der Waals surface area contributed by atoms with Gasteiger partial charge >= 0.3 is 41.5 Å². The van der Waals surface area contributed by atoms with Crippen LogP contribution in [0.25, 0.3) is 0 Å². The van der Waals surface area contributed by atoms with E-state index in [4.69, 9.17) is 15.9 Å². The molecule has 1 atom stereocenters. The second-order valence-corrected chi connectivity index (χ2v) is 6.82. The van der Waals surface area contributed by atoms with Crippen molar-refractivity contribution in [1.82, 2.24) is 0 Å². The molecule has 28 heavy (non-hydrogen) atoms. The minimum absolute atomic E-state index is 0. The molecule has 0 radical (unpaired) electrons. The zero-order valence-electron chi connectivity index (χ0n) is 18.8. The first-order valence-corrected chi connectivity index (χ1v) is 10.5. The minimum atomic E-state index is -0.968. The first-order chi connectivity index (χ1) is 12.8. The van der Waals surface area contributed by atoms with Gasteiger partial charge in [-0.05, 0) is 6.92 Å². The van der Waals surface area contributed by atoms with Crippen molar-refractivity contribution in [2.75, 3.05) is 6.54 Å². The van der Waals surface area contributed by atoms with Crippen molar-refractivity contribution >= 4 is 11.9 Å². The van der Waals surface area contributed by atoms with Crippen molar-refractivity contribution < 1.29 is 49.4 Å². The molecule has 0 saturated carbocycles. The number of aliphatic carboxylic acids is 2. The van der Waals surface area contributed by atoms with E-state index in [0.29, 0.717) is 0 Å². The van der Waals surface area contributed by atoms with Gasteiger partial charge < -0.3 is 28.6 Å². The van der Waals surface area contributed by atoms with Crippen LogP contribution in [0.4, 0.5) is 0 Å². The van der Waals surface area contributed by atoms with Crippen LogP contribution in [-0.2, 0) is 9.59 Å². The number of carbonyl (C=O) groups is 2. The second-order valence-electron chi connectivity index (χ2n) is 6.82. The molecule has 7 heteroatoms.